The number of rotatable bonds is 6. The first-order valence-corrected chi connectivity index (χ1v) is 16.1. The number of fused-ring (bicyclic) bond motifs is 2. The lowest BCUT2D eigenvalue weighted by molar-refractivity contribution is -0.145. The molecule has 7 rings (SSSR count). The smallest absolute Gasteiger partial charge is 0.251 e. The minimum atomic E-state index is -0.997. The SMILES string of the molecule is O=C1[C@@H]2[C@H]3C(=O)N([C@H](CO)c4ccccc4)C4C(=O)N(c5ccc(Cl)cc5)CC=C[C@@]43S[C@@H]2C=CCN1Cc1ccccc1. The van der Waals surface area contributed by atoms with E-state index in [1.807, 2.05) is 89.9 Å². The lowest BCUT2D eigenvalue weighted by Gasteiger charge is -2.38. The van der Waals surface area contributed by atoms with Crippen molar-refractivity contribution in [1.82, 2.24) is 9.80 Å². The summed E-state index contributed by atoms with van der Waals surface area (Å²) in [6.45, 7) is 0.828. The summed E-state index contributed by atoms with van der Waals surface area (Å²) in [6.07, 6.45) is 7.99. The second-order valence-electron chi connectivity index (χ2n) is 11.7. The topological polar surface area (TPSA) is 81.2 Å². The van der Waals surface area contributed by atoms with Crippen LogP contribution >= 0.6 is 23.4 Å². The van der Waals surface area contributed by atoms with E-state index in [1.165, 1.54) is 11.8 Å². The molecular formula is C35H32ClN3O4S. The summed E-state index contributed by atoms with van der Waals surface area (Å²) in [7, 11) is 0. The zero-order valence-corrected chi connectivity index (χ0v) is 25.5. The van der Waals surface area contributed by atoms with E-state index in [0.29, 0.717) is 30.3 Å². The summed E-state index contributed by atoms with van der Waals surface area (Å²) in [4.78, 5) is 49.1. The highest BCUT2D eigenvalue weighted by Crippen LogP contribution is 2.62. The number of carbonyl (C=O) groups excluding carboxylic acids is 3. The minimum Gasteiger partial charge on any atom is -0.394 e. The van der Waals surface area contributed by atoms with Crippen molar-refractivity contribution in [2.45, 2.75) is 28.6 Å². The molecule has 1 N–H and O–H groups in total. The largest absolute Gasteiger partial charge is 0.394 e. The Labute approximate surface area is 265 Å². The molecule has 9 heteroatoms. The monoisotopic (exact) mass is 625 g/mol. The highest BCUT2D eigenvalue weighted by molar-refractivity contribution is 8.02. The van der Waals surface area contributed by atoms with Crippen molar-refractivity contribution in [3.63, 3.8) is 0 Å². The summed E-state index contributed by atoms with van der Waals surface area (Å²) in [5, 5.41) is 11.1. The van der Waals surface area contributed by atoms with Crippen molar-refractivity contribution in [3.8, 4) is 0 Å². The van der Waals surface area contributed by atoms with Gasteiger partial charge < -0.3 is 19.8 Å². The number of hydrogen-bond donors (Lipinski definition) is 1. The van der Waals surface area contributed by atoms with E-state index in [-0.39, 0.29) is 29.6 Å². The number of thioether (sulfide) groups is 1. The molecule has 2 saturated heterocycles. The first-order chi connectivity index (χ1) is 21.4. The molecule has 3 aromatic rings. The number of benzene rings is 3. The molecule has 224 valence electrons. The fraction of sp³-hybridized carbons (Fsp3) is 0.286. The Morgan fingerprint density at radius 1 is 0.864 bits per heavy atom. The third kappa shape index (κ3) is 4.67. The normalized spacial score (nSPS) is 28.4. The van der Waals surface area contributed by atoms with Crippen LogP contribution in [0.5, 0.6) is 0 Å². The number of amides is 3. The Balaban J connectivity index is 1.34. The van der Waals surface area contributed by atoms with Crippen LogP contribution in [-0.2, 0) is 20.9 Å². The van der Waals surface area contributed by atoms with Crippen molar-refractivity contribution < 1.29 is 19.5 Å². The molecule has 4 aliphatic heterocycles. The van der Waals surface area contributed by atoms with Crippen molar-refractivity contribution in [2.24, 2.45) is 11.8 Å². The standard InChI is InChI=1S/C35H32ClN3O4S/c36-25-14-16-26(17-15-25)38-20-8-18-35-30(33(42)39(31(35)34(38)43)27(22-40)24-11-5-2-6-12-24)29-28(44-35)13-7-19-37(32(29)41)21-23-9-3-1-4-10-23/h1-18,27-31,40H,19-22H2/t27-,28-,29+,30+,31?,35+/m1/s1. The van der Waals surface area contributed by atoms with E-state index in [9.17, 15) is 19.5 Å². The number of likely N-dealkylation sites (tertiary alicyclic amines) is 1. The van der Waals surface area contributed by atoms with Gasteiger partial charge in [-0.3, -0.25) is 14.4 Å². The molecule has 1 spiro atoms. The maximum absolute atomic E-state index is 14.8. The maximum Gasteiger partial charge on any atom is 0.251 e. The molecule has 3 aromatic carbocycles. The molecule has 44 heavy (non-hydrogen) atoms. The first kappa shape index (κ1) is 28.9. The number of hydrogen-bond acceptors (Lipinski definition) is 5. The predicted octanol–water partition coefficient (Wildman–Crippen LogP) is 4.87. The third-order valence-electron chi connectivity index (χ3n) is 9.23. The Morgan fingerprint density at radius 2 is 1.57 bits per heavy atom. The molecule has 3 amide bonds. The number of halogens is 1. The fourth-order valence-electron chi connectivity index (χ4n) is 7.29. The highest BCUT2D eigenvalue weighted by Gasteiger charge is 2.72. The lowest BCUT2D eigenvalue weighted by atomic mass is 9.78. The number of carbonyl (C=O) groups is 3. The van der Waals surface area contributed by atoms with Gasteiger partial charge in [0.1, 0.15) is 6.04 Å². The van der Waals surface area contributed by atoms with E-state index in [1.54, 1.807) is 34.1 Å². The van der Waals surface area contributed by atoms with Crippen molar-refractivity contribution in [1.29, 1.82) is 0 Å². The molecule has 4 aliphatic rings. The van der Waals surface area contributed by atoms with Crippen molar-refractivity contribution in [3.05, 3.63) is 125 Å². The Bertz CT molecular complexity index is 1630. The molecule has 0 saturated carbocycles. The van der Waals surface area contributed by atoms with Crippen LogP contribution in [-0.4, -0.2) is 68.4 Å². The van der Waals surface area contributed by atoms with Gasteiger partial charge in [0, 0.05) is 35.6 Å². The van der Waals surface area contributed by atoms with Crippen molar-refractivity contribution in [2.75, 3.05) is 24.6 Å². The minimum absolute atomic E-state index is 0.0907. The van der Waals surface area contributed by atoms with E-state index in [4.69, 9.17) is 11.6 Å². The lowest BCUT2D eigenvalue weighted by Crippen LogP contribution is -2.54. The van der Waals surface area contributed by atoms with Crippen LogP contribution in [0.1, 0.15) is 17.2 Å². The second-order valence-corrected chi connectivity index (χ2v) is 13.6. The molecule has 2 fully saturated rings. The van der Waals surface area contributed by atoms with E-state index in [2.05, 4.69) is 0 Å². The molecule has 4 heterocycles. The zero-order valence-electron chi connectivity index (χ0n) is 23.9. The van der Waals surface area contributed by atoms with Gasteiger partial charge in [-0.15, -0.1) is 11.8 Å². The van der Waals surface area contributed by atoms with Crippen LogP contribution in [0.15, 0.2) is 109 Å². The van der Waals surface area contributed by atoms with Gasteiger partial charge in [0.2, 0.25) is 11.8 Å². The number of aliphatic hydroxyl groups excluding tert-OH is 1. The van der Waals surface area contributed by atoms with Gasteiger partial charge in [-0.05, 0) is 35.4 Å². The van der Waals surface area contributed by atoms with Gasteiger partial charge in [-0.1, -0.05) is 96.6 Å². The van der Waals surface area contributed by atoms with Gasteiger partial charge in [-0.2, -0.15) is 0 Å². The molecular weight excluding hydrogens is 594 g/mol. The van der Waals surface area contributed by atoms with E-state index in [0.717, 1.165) is 11.1 Å². The third-order valence-corrected chi connectivity index (χ3v) is 11.2. The summed E-state index contributed by atoms with van der Waals surface area (Å²) >= 11 is 7.70. The van der Waals surface area contributed by atoms with Gasteiger partial charge in [-0.25, -0.2) is 0 Å². The second kappa shape index (κ2) is 11.6. The number of aliphatic hydroxyl groups is 1. The van der Waals surface area contributed by atoms with Gasteiger partial charge in [0.05, 0.1) is 29.2 Å². The van der Waals surface area contributed by atoms with Gasteiger partial charge in [0.15, 0.2) is 0 Å². The fourth-order valence-corrected chi connectivity index (χ4v) is 9.41. The summed E-state index contributed by atoms with van der Waals surface area (Å²) in [5.41, 5.74) is 2.41. The van der Waals surface area contributed by atoms with E-state index >= 15 is 0 Å². The summed E-state index contributed by atoms with van der Waals surface area (Å²) in [6, 6.07) is 24.5. The van der Waals surface area contributed by atoms with Crippen LogP contribution in [0.25, 0.3) is 0 Å². The molecule has 0 aromatic heterocycles. The Hall–Kier alpha value is -3.85. The maximum atomic E-state index is 14.8. The van der Waals surface area contributed by atoms with Crippen LogP contribution in [0, 0.1) is 11.8 Å². The first-order valence-electron chi connectivity index (χ1n) is 14.8. The Kier molecular flexibility index (Phi) is 7.60. The average molecular weight is 626 g/mol. The molecule has 1 unspecified atom stereocenters. The summed E-state index contributed by atoms with van der Waals surface area (Å²) in [5.74, 6) is -2.05. The quantitative estimate of drug-likeness (QED) is 0.396. The molecule has 0 radical (unpaired) electrons. The highest BCUT2D eigenvalue weighted by atomic mass is 35.5. The van der Waals surface area contributed by atoms with Crippen molar-refractivity contribution >= 4 is 46.8 Å². The van der Waals surface area contributed by atoms with Crippen LogP contribution in [0.2, 0.25) is 5.02 Å². The van der Waals surface area contributed by atoms with Gasteiger partial charge >= 0.3 is 0 Å². The Morgan fingerprint density at radius 3 is 2.27 bits per heavy atom. The zero-order chi connectivity index (χ0) is 30.4. The molecule has 6 atom stereocenters. The van der Waals surface area contributed by atoms with Crippen LogP contribution in [0.3, 0.4) is 0 Å². The molecule has 7 nitrogen and oxygen atoms in total. The summed E-state index contributed by atoms with van der Waals surface area (Å²) < 4.78 is -0.997. The van der Waals surface area contributed by atoms with Crippen LogP contribution < -0.4 is 4.90 Å². The predicted molar refractivity (Wildman–Crippen MR) is 172 cm³/mol. The number of nitrogens with zero attached hydrogens (tertiary/aromatic N) is 3. The molecule has 0 bridgehead atoms. The van der Waals surface area contributed by atoms with Gasteiger partial charge in [0.25, 0.3) is 5.91 Å². The van der Waals surface area contributed by atoms with Crippen LogP contribution in [0.4, 0.5) is 5.69 Å². The molecule has 0 aliphatic carbocycles. The van der Waals surface area contributed by atoms with E-state index < -0.39 is 28.7 Å². The average Bonchev–Trinajstić information content (AvgIpc) is 3.36. The number of anilines is 1.